The van der Waals surface area contributed by atoms with E-state index in [1.165, 1.54) is 0 Å². The maximum Gasteiger partial charge on any atom is 0.231 e. The van der Waals surface area contributed by atoms with Gasteiger partial charge in [-0.05, 0) is 49.1 Å². The summed E-state index contributed by atoms with van der Waals surface area (Å²) in [7, 11) is 0. The van der Waals surface area contributed by atoms with Crippen molar-refractivity contribution in [3.63, 3.8) is 0 Å². The number of carbonyl (C=O) groups excluding carboxylic acids is 1. The highest BCUT2D eigenvalue weighted by atomic mass is 16.7. The highest BCUT2D eigenvalue weighted by Gasteiger charge is 2.18. The van der Waals surface area contributed by atoms with E-state index in [2.05, 4.69) is 17.5 Å². The predicted molar refractivity (Wildman–Crippen MR) is 98.4 cm³/mol. The van der Waals surface area contributed by atoms with Crippen LogP contribution in [0.15, 0.2) is 54.6 Å². The number of carbonyl (C=O) groups is 1. The van der Waals surface area contributed by atoms with Crippen molar-refractivity contribution in [2.75, 3.05) is 12.1 Å². The lowest BCUT2D eigenvalue weighted by Gasteiger charge is -2.17. The minimum atomic E-state index is 0.0635. The SMILES string of the molecule is O=C(Nc1cccc(COc2ccc3c(c2)OCO3)c1)[C@@H]1CC=CCC1. The van der Waals surface area contributed by atoms with Gasteiger partial charge < -0.3 is 19.5 Å². The topological polar surface area (TPSA) is 56.8 Å². The summed E-state index contributed by atoms with van der Waals surface area (Å²) in [5.74, 6) is 2.30. The molecule has 0 fully saturated rings. The summed E-state index contributed by atoms with van der Waals surface area (Å²) >= 11 is 0. The normalized spacial score (nSPS) is 17.8. The molecule has 0 bridgehead atoms. The van der Waals surface area contributed by atoms with E-state index in [0.29, 0.717) is 12.4 Å². The molecule has 0 saturated carbocycles. The average Bonchev–Trinajstić information content (AvgIpc) is 3.15. The molecule has 0 saturated heterocycles. The van der Waals surface area contributed by atoms with Crippen LogP contribution in [0.5, 0.6) is 17.2 Å². The quantitative estimate of drug-likeness (QED) is 0.817. The molecule has 26 heavy (non-hydrogen) atoms. The van der Waals surface area contributed by atoms with E-state index in [-0.39, 0.29) is 18.6 Å². The van der Waals surface area contributed by atoms with Crippen molar-refractivity contribution in [3.8, 4) is 17.2 Å². The lowest BCUT2D eigenvalue weighted by molar-refractivity contribution is -0.120. The van der Waals surface area contributed by atoms with E-state index in [0.717, 1.165) is 42.0 Å². The number of allylic oxidation sites excluding steroid dienone is 2. The highest BCUT2D eigenvalue weighted by Crippen LogP contribution is 2.35. The molecule has 2 aromatic carbocycles. The van der Waals surface area contributed by atoms with Gasteiger partial charge in [-0.2, -0.15) is 0 Å². The first-order chi connectivity index (χ1) is 12.8. The summed E-state index contributed by atoms with van der Waals surface area (Å²) in [6, 6.07) is 13.3. The van der Waals surface area contributed by atoms with Crippen molar-refractivity contribution in [2.24, 2.45) is 5.92 Å². The summed E-state index contributed by atoms with van der Waals surface area (Å²) in [5, 5.41) is 3.02. The van der Waals surface area contributed by atoms with Crippen molar-refractivity contribution in [3.05, 3.63) is 60.2 Å². The molecule has 5 nitrogen and oxygen atoms in total. The molecule has 1 aliphatic carbocycles. The Bertz CT molecular complexity index is 831. The van der Waals surface area contributed by atoms with Crippen molar-refractivity contribution >= 4 is 11.6 Å². The van der Waals surface area contributed by atoms with Gasteiger partial charge in [0.2, 0.25) is 12.7 Å². The maximum atomic E-state index is 12.4. The van der Waals surface area contributed by atoms with Crippen LogP contribution in [-0.4, -0.2) is 12.7 Å². The number of hydrogen-bond acceptors (Lipinski definition) is 4. The molecule has 4 rings (SSSR count). The maximum absolute atomic E-state index is 12.4. The van der Waals surface area contributed by atoms with E-state index in [4.69, 9.17) is 14.2 Å². The molecule has 0 radical (unpaired) electrons. The minimum Gasteiger partial charge on any atom is -0.489 e. The molecule has 1 aliphatic heterocycles. The molecule has 5 heteroatoms. The molecule has 1 atom stereocenters. The Kier molecular flexibility index (Phi) is 4.78. The number of ether oxygens (including phenoxy) is 3. The Labute approximate surface area is 152 Å². The standard InChI is InChI=1S/C21H21NO4/c23-21(16-6-2-1-3-7-16)22-17-8-4-5-15(11-17)13-24-18-9-10-19-20(12-18)26-14-25-19/h1-2,4-5,8-12,16H,3,6-7,13-14H2,(H,22,23)/t16-/m1/s1. The largest absolute Gasteiger partial charge is 0.489 e. The molecule has 2 aliphatic rings. The van der Waals surface area contributed by atoms with Gasteiger partial charge in [-0.3, -0.25) is 4.79 Å². The van der Waals surface area contributed by atoms with Crippen LogP contribution in [-0.2, 0) is 11.4 Å². The second-order valence-electron chi connectivity index (χ2n) is 6.47. The zero-order chi connectivity index (χ0) is 17.8. The van der Waals surface area contributed by atoms with Crippen LogP contribution in [0.4, 0.5) is 5.69 Å². The van der Waals surface area contributed by atoms with Crippen molar-refractivity contribution in [2.45, 2.75) is 25.9 Å². The van der Waals surface area contributed by atoms with Crippen LogP contribution >= 0.6 is 0 Å². The monoisotopic (exact) mass is 351 g/mol. The van der Waals surface area contributed by atoms with E-state index in [1.54, 1.807) is 0 Å². The van der Waals surface area contributed by atoms with Gasteiger partial charge in [0.25, 0.3) is 0 Å². The minimum absolute atomic E-state index is 0.0635. The number of rotatable bonds is 5. The Morgan fingerprint density at radius 2 is 2.04 bits per heavy atom. The fourth-order valence-corrected chi connectivity index (χ4v) is 3.15. The summed E-state index contributed by atoms with van der Waals surface area (Å²) in [5.41, 5.74) is 1.79. The Balaban J connectivity index is 1.36. The molecular weight excluding hydrogens is 330 g/mol. The molecule has 0 unspecified atom stereocenters. The number of anilines is 1. The fraction of sp³-hybridized carbons (Fsp3) is 0.286. The van der Waals surface area contributed by atoms with Crippen molar-refractivity contribution < 1.29 is 19.0 Å². The van der Waals surface area contributed by atoms with Gasteiger partial charge in [0, 0.05) is 17.7 Å². The Morgan fingerprint density at radius 1 is 1.12 bits per heavy atom. The van der Waals surface area contributed by atoms with Gasteiger partial charge in [0.1, 0.15) is 12.4 Å². The van der Waals surface area contributed by atoms with Gasteiger partial charge in [0.15, 0.2) is 11.5 Å². The lowest BCUT2D eigenvalue weighted by atomic mass is 9.93. The van der Waals surface area contributed by atoms with E-state index >= 15 is 0 Å². The molecular formula is C21H21NO4. The molecule has 0 aromatic heterocycles. The number of hydrogen-bond donors (Lipinski definition) is 1. The number of nitrogens with one attached hydrogen (secondary N) is 1. The van der Waals surface area contributed by atoms with Gasteiger partial charge in [0.05, 0.1) is 0 Å². The smallest absolute Gasteiger partial charge is 0.231 e. The van der Waals surface area contributed by atoms with Gasteiger partial charge in [-0.25, -0.2) is 0 Å². The summed E-state index contributed by atoms with van der Waals surface area (Å²) in [6.07, 6.45) is 6.93. The van der Waals surface area contributed by atoms with Gasteiger partial charge in [-0.15, -0.1) is 0 Å². The highest BCUT2D eigenvalue weighted by molar-refractivity contribution is 5.92. The third kappa shape index (κ3) is 3.82. The zero-order valence-corrected chi connectivity index (χ0v) is 14.4. The lowest BCUT2D eigenvalue weighted by Crippen LogP contribution is -2.23. The predicted octanol–water partition coefficient (Wildman–Crippen LogP) is 4.29. The first-order valence-corrected chi connectivity index (χ1v) is 8.85. The Hall–Kier alpha value is -2.95. The first-order valence-electron chi connectivity index (χ1n) is 8.85. The molecule has 1 N–H and O–H groups in total. The summed E-state index contributed by atoms with van der Waals surface area (Å²) < 4.78 is 16.5. The first kappa shape index (κ1) is 16.5. The molecule has 2 aromatic rings. The molecule has 1 heterocycles. The van der Waals surface area contributed by atoms with Crippen LogP contribution in [0.1, 0.15) is 24.8 Å². The van der Waals surface area contributed by atoms with Crippen LogP contribution in [0, 0.1) is 5.92 Å². The molecule has 134 valence electrons. The fourth-order valence-electron chi connectivity index (χ4n) is 3.15. The van der Waals surface area contributed by atoms with Crippen LogP contribution in [0.25, 0.3) is 0 Å². The Morgan fingerprint density at radius 3 is 2.92 bits per heavy atom. The van der Waals surface area contributed by atoms with E-state index in [9.17, 15) is 4.79 Å². The van der Waals surface area contributed by atoms with Gasteiger partial charge in [-0.1, -0.05) is 24.3 Å². The number of benzene rings is 2. The van der Waals surface area contributed by atoms with E-state index < -0.39 is 0 Å². The number of fused-ring (bicyclic) bond motifs is 1. The third-order valence-electron chi connectivity index (χ3n) is 4.58. The summed E-state index contributed by atoms with van der Waals surface area (Å²) in [4.78, 5) is 12.4. The van der Waals surface area contributed by atoms with Crippen LogP contribution in [0.2, 0.25) is 0 Å². The van der Waals surface area contributed by atoms with Crippen molar-refractivity contribution in [1.82, 2.24) is 0 Å². The van der Waals surface area contributed by atoms with Gasteiger partial charge >= 0.3 is 0 Å². The van der Waals surface area contributed by atoms with Crippen LogP contribution < -0.4 is 19.5 Å². The summed E-state index contributed by atoms with van der Waals surface area (Å²) in [6.45, 7) is 0.660. The number of amides is 1. The third-order valence-corrected chi connectivity index (χ3v) is 4.58. The average molecular weight is 351 g/mol. The van der Waals surface area contributed by atoms with Crippen LogP contribution in [0.3, 0.4) is 0 Å². The second kappa shape index (κ2) is 7.52. The second-order valence-corrected chi connectivity index (χ2v) is 6.47. The van der Waals surface area contributed by atoms with Crippen molar-refractivity contribution in [1.29, 1.82) is 0 Å². The molecule has 0 spiro atoms. The van der Waals surface area contributed by atoms with E-state index in [1.807, 2.05) is 42.5 Å². The molecule has 1 amide bonds. The zero-order valence-electron chi connectivity index (χ0n) is 14.4.